The van der Waals surface area contributed by atoms with E-state index in [0.717, 1.165) is 74.0 Å². The Morgan fingerprint density at radius 2 is 1.06 bits per heavy atom. The SMILES string of the molecule is OC1(CNCc2cc(F)c3oc(-c4cc(-c5ccc(F)cc5-c5nncn5CCn5cnnc5-c5cc(F)ccc5-c5cc(-c6nc7cc(CNCC8CCC8)cc(F)c7o6)nc(C6CC6)c5)cc(C5CC5)n4)nc3c2)CCC1. The van der Waals surface area contributed by atoms with Crippen molar-refractivity contribution in [1.29, 1.82) is 0 Å². The van der Waals surface area contributed by atoms with E-state index in [0.29, 0.717) is 93.0 Å². The smallest absolute Gasteiger partial charge is 0.246 e. The van der Waals surface area contributed by atoms with Crippen LogP contribution in [0, 0.1) is 29.2 Å². The van der Waals surface area contributed by atoms with Crippen molar-refractivity contribution in [2.45, 2.75) is 108 Å². The molecule has 14 rings (SSSR count). The second kappa shape index (κ2) is 20.0. The third-order valence-electron chi connectivity index (χ3n) is 16.1. The molecule has 3 N–H and O–H groups in total. The van der Waals surface area contributed by atoms with Gasteiger partial charge in [-0.05, 0) is 176 Å². The monoisotopic (exact) mass is 1070 g/mol. The molecule has 0 bridgehead atoms. The van der Waals surface area contributed by atoms with E-state index in [1.165, 1.54) is 55.7 Å². The van der Waals surface area contributed by atoms with Crippen molar-refractivity contribution in [3.63, 3.8) is 0 Å². The number of fused-ring (bicyclic) bond motifs is 2. The van der Waals surface area contributed by atoms with Crippen molar-refractivity contribution in [3.8, 4) is 68.2 Å². The highest BCUT2D eigenvalue weighted by atomic mass is 19.1. The molecular weight excluding hydrogens is 1010 g/mol. The van der Waals surface area contributed by atoms with Crippen LogP contribution in [0.25, 0.3) is 90.4 Å². The largest absolute Gasteiger partial charge is 0.432 e. The Balaban J connectivity index is 0.746. The zero-order chi connectivity index (χ0) is 53.4. The Labute approximate surface area is 450 Å². The van der Waals surface area contributed by atoms with Gasteiger partial charge < -0.3 is 33.7 Å². The molecule has 0 spiro atoms. The van der Waals surface area contributed by atoms with Gasteiger partial charge in [0.15, 0.2) is 34.4 Å². The summed E-state index contributed by atoms with van der Waals surface area (Å²) < 4.78 is 77.9. The van der Waals surface area contributed by atoms with Gasteiger partial charge in [0, 0.05) is 67.1 Å². The highest BCUT2D eigenvalue weighted by Crippen LogP contribution is 2.45. The molecule has 4 aliphatic carbocycles. The van der Waals surface area contributed by atoms with E-state index in [1.54, 1.807) is 30.9 Å². The molecule has 6 aromatic heterocycles. The Kier molecular flexibility index (Phi) is 12.5. The number of hydrogen-bond acceptors (Lipinski definition) is 13. The van der Waals surface area contributed by atoms with E-state index in [2.05, 4.69) is 31.0 Å². The van der Waals surface area contributed by atoms with Crippen molar-refractivity contribution in [2.75, 3.05) is 13.1 Å². The zero-order valence-electron chi connectivity index (χ0n) is 43.0. The molecule has 6 heterocycles. The summed E-state index contributed by atoms with van der Waals surface area (Å²) >= 11 is 0. The maximum atomic E-state index is 15.6. The standard InChI is InChI=1S/C60H54F4N12O3/c61-40-9-11-42(38-21-48(36-5-6-36)69-52(23-38)58-71-50-19-34(17-46(63)54(50)78-58)28-65-27-33-3-1-4-33)44(25-40)56-73-67-31-75(56)15-16-76-32-68-74-57(76)45-26-41(62)10-12-43(45)39-22-49(37-7-8-37)70-53(24-39)59-72-51-20-35(18-47(64)55(51)79-59)29-66-30-60(77)13-2-14-60/h9-12,17-26,31-33,36-37,65-66,77H,1-8,13-16,27-30H2. The molecule has 15 nitrogen and oxygen atoms in total. The van der Waals surface area contributed by atoms with Crippen LogP contribution in [-0.2, 0) is 26.2 Å². The third-order valence-corrected chi connectivity index (χ3v) is 16.1. The number of halogens is 4. The molecule has 4 saturated carbocycles. The molecule has 0 unspecified atom stereocenters. The second-order valence-corrected chi connectivity index (χ2v) is 22.0. The minimum atomic E-state index is -0.714. The molecular formula is C60H54F4N12O3. The number of rotatable bonds is 19. The van der Waals surface area contributed by atoms with Gasteiger partial charge in [0.05, 0.1) is 5.60 Å². The van der Waals surface area contributed by atoms with E-state index in [1.807, 2.05) is 39.5 Å². The van der Waals surface area contributed by atoms with Gasteiger partial charge in [0.25, 0.3) is 0 Å². The number of hydrogen-bond donors (Lipinski definition) is 3. The summed E-state index contributed by atoms with van der Waals surface area (Å²) in [5, 5.41) is 34.8. The number of pyridine rings is 2. The summed E-state index contributed by atoms with van der Waals surface area (Å²) in [4.78, 5) is 19.4. The zero-order valence-corrected chi connectivity index (χ0v) is 43.0. The quantitative estimate of drug-likeness (QED) is 0.0651. The minimum absolute atomic E-state index is 0.0115. The molecule has 0 amide bonds. The van der Waals surface area contributed by atoms with E-state index in [-0.39, 0.29) is 47.9 Å². The molecule has 10 aromatic rings. The minimum Gasteiger partial charge on any atom is -0.432 e. The summed E-state index contributed by atoms with van der Waals surface area (Å²) in [5.41, 5.74) is 7.74. The van der Waals surface area contributed by atoms with Crippen LogP contribution in [0.3, 0.4) is 0 Å². The molecule has 400 valence electrons. The lowest BCUT2D eigenvalue weighted by Gasteiger charge is -2.36. The summed E-state index contributed by atoms with van der Waals surface area (Å²) in [5.74, 6) is 0.225. The van der Waals surface area contributed by atoms with Crippen LogP contribution < -0.4 is 10.6 Å². The van der Waals surface area contributed by atoms with Crippen molar-refractivity contribution in [2.24, 2.45) is 5.92 Å². The highest BCUT2D eigenvalue weighted by Gasteiger charge is 2.34. The van der Waals surface area contributed by atoms with Gasteiger partial charge in [-0.25, -0.2) is 37.5 Å². The summed E-state index contributed by atoms with van der Waals surface area (Å²) in [7, 11) is 0. The van der Waals surface area contributed by atoms with Crippen molar-refractivity contribution >= 4 is 22.2 Å². The van der Waals surface area contributed by atoms with Crippen LogP contribution in [0.2, 0.25) is 0 Å². The Morgan fingerprint density at radius 1 is 0.557 bits per heavy atom. The number of benzene rings is 4. The first-order valence-corrected chi connectivity index (χ1v) is 27.3. The van der Waals surface area contributed by atoms with Gasteiger partial charge in [-0.1, -0.05) is 18.6 Å². The first-order chi connectivity index (χ1) is 38.5. The Hall–Kier alpha value is -8.00. The van der Waals surface area contributed by atoms with E-state index in [4.69, 9.17) is 28.8 Å². The van der Waals surface area contributed by atoms with Gasteiger partial charge in [-0.2, -0.15) is 0 Å². The maximum absolute atomic E-state index is 15.6. The molecule has 19 heteroatoms. The molecule has 4 aromatic carbocycles. The van der Waals surface area contributed by atoms with Crippen LogP contribution in [-0.4, -0.2) is 73.3 Å². The number of aromatic nitrogens is 10. The van der Waals surface area contributed by atoms with Crippen LogP contribution in [0.15, 0.2) is 106 Å². The molecule has 0 radical (unpaired) electrons. The fourth-order valence-corrected chi connectivity index (χ4v) is 11.0. The lowest BCUT2D eigenvalue weighted by Crippen LogP contribution is -2.45. The predicted octanol–water partition coefficient (Wildman–Crippen LogP) is 11.8. The maximum Gasteiger partial charge on any atom is 0.246 e. The van der Waals surface area contributed by atoms with Gasteiger partial charge in [0.2, 0.25) is 11.8 Å². The van der Waals surface area contributed by atoms with Gasteiger partial charge in [-0.3, -0.25) is 0 Å². The number of aliphatic hydroxyl groups is 1. The fraction of sp³-hybridized carbons (Fsp3) is 0.333. The van der Waals surface area contributed by atoms with Crippen LogP contribution >= 0.6 is 0 Å². The number of aryl methyl sites for hydroxylation is 2. The lowest BCUT2D eigenvalue weighted by atomic mass is 9.80. The number of nitrogens with one attached hydrogen (secondary N) is 2. The van der Waals surface area contributed by atoms with Gasteiger partial charge in [-0.15, -0.1) is 20.4 Å². The third kappa shape index (κ3) is 9.99. The van der Waals surface area contributed by atoms with Crippen LogP contribution in [0.4, 0.5) is 17.6 Å². The summed E-state index contributed by atoms with van der Waals surface area (Å²) in [6, 6.07) is 23.2. The molecule has 0 atom stereocenters. The van der Waals surface area contributed by atoms with Gasteiger partial charge >= 0.3 is 0 Å². The van der Waals surface area contributed by atoms with Crippen LogP contribution in [0.1, 0.15) is 98.6 Å². The molecule has 79 heavy (non-hydrogen) atoms. The highest BCUT2D eigenvalue weighted by molar-refractivity contribution is 5.85. The average molecular weight is 1070 g/mol. The first-order valence-electron chi connectivity index (χ1n) is 27.3. The van der Waals surface area contributed by atoms with E-state index in [9.17, 15) is 5.11 Å². The second-order valence-electron chi connectivity index (χ2n) is 22.0. The average Bonchev–Trinajstić information content (AvgIpc) is 4.33. The summed E-state index contributed by atoms with van der Waals surface area (Å²) in [6.07, 6.45) is 13.2. The summed E-state index contributed by atoms with van der Waals surface area (Å²) in [6.45, 7) is 2.77. The molecule has 4 fully saturated rings. The van der Waals surface area contributed by atoms with Crippen LogP contribution in [0.5, 0.6) is 0 Å². The molecule has 0 saturated heterocycles. The first kappa shape index (κ1) is 49.3. The van der Waals surface area contributed by atoms with Crippen molar-refractivity contribution in [3.05, 3.63) is 143 Å². The van der Waals surface area contributed by atoms with E-state index >= 15 is 17.6 Å². The molecule has 4 aliphatic rings. The number of oxazole rings is 2. The van der Waals surface area contributed by atoms with Gasteiger partial charge in [0.1, 0.15) is 46.7 Å². The Morgan fingerprint density at radius 3 is 1.52 bits per heavy atom. The molecule has 0 aliphatic heterocycles. The van der Waals surface area contributed by atoms with E-state index < -0.39 is 28.9 Å². The Bertz CT molecular complexity index is 3960. The van der Waals surface area contributed by atoms with Crippen molar-refractivity contribution < 1.29 is 31.5 Å². The fourth-order valence-electron chi connectivity index (χ4n) is 11.0. The lowest BCUT2D eigenvalue weighted by molar-refractivity contribution is -0.0314. The predicted molar refractivity (Wildman–Crippen MR) is 287 cm³/mol. The number of nitrogens with zero attached hydrogens (tertiary/aromatic N) is 10. The van der Waals surface area contributed by atoms with Crippen molar-refractivity contribution in [1.82, 2.24) is 60.1 Å². The normalized spacial score (nSPS) is 16.3. The topological polar surface area (TPSA) is 184 Å².